The quantitative estimate of drug-likeness (QED) is 0.143. The van der Waals surface area contributed by atoms with Gasteiger partial charge in [-0.2, -0.15) is 0 Å². The van der Waals surface area contributed by atoms with E-state index < -0.39 is 17.0 Å². The van der Waals surface area contributed by atoms with Crippen molar-refractivity contribution in [1.29, 1.82) is 0 Å². The molecule has 1 saturated heterocycles. The highest BCUT2D eigenvalue weighted by Crippen LogP contribution is 2.35. The maximum Gasteiger partial charge on any atom is 0.221 e. The summed E-state index contributed by atoms with van der Waals surface area (Å²) in [4.78, 5) is 47.6. The van der Waals surface area contributed by atoms with E-state index in [4.69, 9.17) is 14.2 Å². The lowest BCUT2D eigenvalue weighted by Crippen LogP contribution is -2.48. The summed E-state index contributed by atoms with van der Waals surface area (Å²) in [6, 6.07) is 0. The summed E-state index contributed by atoms with van der Waals surface area (Å²) in [6.45, 7) is 12.8. The summed E-state index contributed by atoms with van der Waals surface area (Å²) in [5.41, 5.74) is -0.614. The molecule has 0 bridgehead atoms. The molecule has 1 aliphatic heterocycles. The van der Waals surface area contributed by atoms with Crippen LogP contribution in [0.25, 0.3) is 0 Å². The number of ether oxygens (including phenoxy) is 3. The number of carbonyl (C=O) groups is 4. The van der Waals surface area contributed by atoms with Gasteiger partial charge < -0.3 is 34.7 Å². The normalized spacial score (nSPS) is 18.5. The van der Waals surface area contributed by atoms with Gasteiger partial charge in [0.2, 0.25) is 11.8 Å². The van der Waals surface area contributed by atoms with E-state index >= 15 is 0 Å². The zero-order valence-electron chi connectivity index (χ0n) is 23.3. The van der Waals surface area contributed by atoms with Crippen LogP contribution in [0.4, 0.5) is 0 Å². The van der Waals surface area contributed by atoms with Crippen molar-refractivity contribution >= 4 is 35.0 Å². The predicted molar refractivity (Wildman–Crippen MR) is 142 cm³/mol. The largest absolute Gasteiger partial charge is 0.366 e. The molecule has 0 radical (unpaired) electrons. The van der Waals surface area contributed by atoms with Crippen molar-refractivity contribution in [3.63, 3.8) is 0 Å². The fraction of sp³-hybridized carbons (Fsp3) is 0.846. The average molecular weight is 547 g/mol. The molecule has 214 valence electrons. The van der Waals surface area contributed by atoms with E-state index in [0.717, 1.165) is 18.0 Å². The van der Waals surface area contributed by atoms with Gasteiger partial charge in [0.05, 0.1) is 26.2 Å². The number of aliphatic hydroxyl groups is 1. The van der Waals surface area contributed by atoms with Gasteiger partial charge in [0.1, 0.15) is 6.29 Å². The second-order valence-corrected chi connectivity index (χ2v) is 12.5. The molecule has 3 N–H and O–H groups in total. The van der Waals surface area contributed by atoms with Crippen molar-refractivity contribution in [3.05, 3.63) is 0 Å². The Balaban J connectivity index is 2.27. The number of aldehydes is 1. The van der Waals surface area contributed by atoms with Crippen molar-refractivity contribution < 1.29 is 38.5 Å². The number of hydrogen-bond acceptors (Lipinski definition) is 9. The number of carbonyl (C=O) groups excluding carboxylic acids is 4. The molecule has 1 fully saturated rings. The highest BCUT2D eigenvalue weighted by atomic mass is 32.2. The molecule has 0 aromatic heterocycles. The van der Waals surface area contributed by atoms with Gasteiger partial charge in [0.25, 0.3) is 0 Å². The lowest BCUT2D eigenvalue weighted by molar-refractivity contribution is -0.299. The predicted octanol–water partition coefficient (Wildman–Crippen LogP) is 2.56. The van der Waals surface area contributed by atoms with Crippen LogP contribution in [0.5, 0.6) is 0 Å². The molecular weight excluding hydrogens is 500 g/mol. The van der Waals surface area contributed by atoms with Gasteiger partial charge >= 0.3 is 0 Å². The second kappa shape index (κ2) is 15.2. The van der Waals surface area contributed by atoms with E-state index in [-0.39, 0.29) is 61.2 Å². The van der Waals surface area contributed by atoms with Crippen LogP contribution in [0.15, 0.2) is 0 Å². The van der Waals surface area contributed by atoms with Crippen LogP contribution < -0.4 is 10.6 Å². The fourth-order valence-electron chi connectivity index (χ4n) is 3.38. The lowest BCUT2D eigenvalue weighted by Gasteiger charge is -2.43. The van der Waals surface area contributed by atoms with Crippen molar-refractivity contribution in [1.82, 2.24) is 10.6 Å². The minimum Gasteiger partial charge on any atom is -0.366 e. The van der Waals surface area contributed by atoms with Crippen molar-refractivity contribution in [2.24, 2.45) is 10.8 Å². The third-order valence-corrected chi connectivity index (χ3v) is 6.81. The summed E-state index contributed by atoms with van der Waals surface area (Å²) < 4.78 is 17.3. The first-order valence-corrected chi connectivity index (χ1v) is 13.9. The monoisotopic (exact) mass is 546 g/mol. The van der Waals surface area contributed by atoms with Gasteiger partial charge in [-0.15, -0.1) is 0 Å². The molecular formula is C26H46N2O8S. The van der Waals surface area contributed by atoms with Crippen LogP contribution in [0, 0.1) is 10.8 Å². The van der Waals surface area contributed by atoms with Gasteiger partial charge in [0, 0.05) is 49.9 Å². The van der Waals surface area contributed by atoms with Crippen molar-refractivity contribution in [2.45, 2.75) is 91.6 Å². The smallest absolute Gasteiger partial charge is 0.221 e. The summed E-state index contributed by atoms with van der Waals surface area (Å²) >= 11 is 1.09. The van der Waals surface area contributed by atoms with Gasteiger partial charge in [-0.25, -0.2) is 0 Å². The lowest BCUT2D eigenvalue weighted by atomic mass is 9.90. The number of thioether (sulfide) groups is 1. The van der Waals surface area contributed by atoms with E-state index in [1.165, 1.54) is 0 Å². The van der Waals surface area contributed by atoms with Crippen LogP contribution >= 0.6 is 11.8 Å². The van der Waals surface area contributed by atoms with Crippen LogP contribution in [-0.2, 0) is 33.4 Å². The Labute approximate surface area is 225 Å². The maximum absolute atomic E-state index is 12.5. The molecule has 0 saturated carbocycles. The third kappa shape index (κ3) is 14.3. The van der Waals surface area contributed by atoms with Gasteiger partial charge in [0.15, 0.2) is 16.7 Å². The topological polar surface area (TPSA) is 140 Å². The second-order valence-electron chi connectivity index (χ2n) is 11.4. The molecule has 0 aliphatic carbocycles. The number of hydrogen-bond donors (Lipinski definition) is 3. The molecule has 0 aromatic rings. The van der Waals surface area contributed by atoms with E-state index in [9.17, 15) is 24.3 Å². The SMILES string of the molecule is CCC(C)(O)OCC(C)(C)CC(=O)NCCC(=O)NCCSC(=O)CC1(CCC=O)OCC(C)(C)CO1. The number of rotatable bonds is 17. The molecule has 11 heteroatoms. The van der Waals surface area contributed by atoms with Crippen LogP contribution in [0.3, 0.4) is 0 Å². The van der Waals surface area contributed by atoms with Gasteiger partial charge in [-0.3, -0.25) is 14.4 Å². The highest BCUT2D eigenvalue weighted by Gasteiger charge is 2.41. The summed E-state index contributed by atoms with van der Waals surface area (Å²) in [6.07, 6.45) is 2.17. The summed E-state index contributed by atoms with van der Waals surface area (Å²) in [7, 11) is 0. The maximum atomic E-state index is 12.5. The van der Waals surface area contributed by atoms with E-state index in [1.807, 2.05) is 34.6 Å². The zero-order chi connectivity index (χ0) is 28.2. The first kappa shape index (κ1) is 33.5. The summed E-state index contributed by atoms with van der Waals surface area (Å²) in [5, 5.41) is 15.3. The van der Waals surface area contributed by atoms with E-state index in [0.29, 0.717) is 38.4 Å². The zero-order valence-corrected chi connectivity index (χ0v) is 24.1. The Morgan fingerprint density at radius 1 is 1.08 bits per heavy atom. The summed E-state index contributed by atoms with van der Waals surface area (Å²) in [5.74, 6) is -2.32. The average Bonchev–Trinajstić information content (AvgIpc) is 2.81. The molecule has 1 aliphatic rings. The molecule has 0 aromatic carbocycles. The minimum absolute atomic E-state index is 0.0406. The van der Waals surface area contributed by atoms with E-state index in [1.54, 1.807) is 6.92 Å². The van der Waals surface area contributed by atoms with E-state index in [2.05, 4.69) is 10.6 Å². The Kier molecular flexibility index (Phi) is 13.7. The fourth-order valence-corrected chi connectivity index (χ4v) is 4.14. The highest BCUT2D eigenvalue weighted by molar-refractivity contribution is 8.13. The molecule has 37 heavy (non-hydrogen) atoms. The molecule has 1 atom stereocenters. The molecule has 1 rings (SSSR count). The number of nitrogens with one attached hydrogen (secondary N) is 2. The standard InChI is InChI=1S/C26H46N2O8S/c1-7-25(6,33)34-17-23(2,3)15-21(31)27-11-9-20(30)28-12-14-37-22(32)16-26(10-8-13-29)35-18-24(4,5)19-36-26/h13,33H,7-12,14-19H2,1-6H3,(H,27,31)(H,28,30). The molecule has 2 amide bonds. The Morgan fingerprint density at radius 2 is 1.70 bits per heavy atom. The Hall–Kier alpha value is -1.53. The van der Waals surface area contributed by atoms with Crippen LogP contribution in [-0.4, -0.2) is 78.6 Å². The van der Waals surface area contributed by atoms with Crippen LogP contribution in [0.1, 0.15) is 80.1 Å². The molecule has 10 nitrogen and oxygen atoms in total. The Morgan fingerprint density at radius 3 is 2.30 bits per heavy atom. The number of amides is 2. The van der Waals surface area contributed by atoms with Crippen molar-refractivity contribution in [3.8, 4) is 0 Å². The van der Waals surface area contributed by atoms with Crippen molar-refractivity contribution in [2.75, 3.05) is 38.7 Å². The Bertz CT molecular complexity index is 760. The minimum atomic E-state index is -1.22. The first-order valence-electron chi connectivity index (χ1n) is 12.9. The van der Waals surface area contributed by atoms with Gasteiger partial charge in [-0.05, 0) is 18.8 Å². The molecule has 1 unspecified atom stereocenters. The van der Waals surface area contributed by atoms with Gasteiger partial charge in [-0.1, -0.05) is 46.4 Å². The molecule has 1 heterocycles. The first-order chi connectivity index (χ1) is 17.1. The van der Waals surface area contributed by atoms with Crippen LogP contribution in [0.2, 0.25) is 0 Å². The molecule has 0 spiro atoms. The third-order valence-electron chi connectivity index (χ3n) is 5.94.